The number of nitriles is 1. The van der Waals surface area contributed by atoms with Crippen LogP contribution in [-0.2, 0) is 6.54 Å². The fourth-order valence-electron chi connectivity index (χ4n) is 2.85. The highest BCUT2D eigenvalue weighted by Gasteiger charge is 2.24. The molecular formula is C18H25N3O2. The van der Waals surface area contributed by atoms with E-state index in [1.807, 2.05) is 26.0 Å². The normalized spacial score (nSPS) is 20.8. The van der Waals surface area contributed by atoms with Crippen molar-refractivity contribution in [1.82, 2.24) is 10.2 Å². The number of carbonyl (C=O) groups excluding carboxylic acids is 1. The molecule has 1 aromatic rings. The molecule has 0 atom stereocenters. The number of aliphatic hydroxyl groups is 1. The Balaban J connectivity index is 1.96. The Morgan fingerprint density at radius 2 is 1.91 bits per heavy atom. The van der Waals surface area contributed by atoms with Crippen molar-refractivity contribution in [2.75, 3.05) is 0 Å². The van der Waals surface area contributed by atoms with Gasteiger partial charge in [0.05, 0.1) is 17.7 Å². The number of hydrogen-bond acceptors (Lipinski definition) is 3. The van der Waals surface area contributed by atoms with E-state index < -0.39 is 0 Å². The maximum Gasteiger partial charge on any atom is 0.318 e. The third kappa shape index (κ3) is 4.97. The topological polar surface area (TPSA) is 76.4 Å². The van der Waals surface area contributed by atoms with Crippen molar-refractivity contribution < 1.29 is 9.90 Å². The SMILES string of the molecule is CC(C)N(Cc1ccc(C#N)cc1)C(=O)NC1CCC(O)CC1. The minimum Gasteiger partial charge on any atom is -0.393 e. The molecule has 124 valence electrons. The molecule has 5 nitrogen and oxygen atoms in total. The number of nitrogens with zero attached hydrogens (tertiary/aromatic N) is 2. The highest BCUT2D eigenvalue weighted by atomic mass is 16.3. The zero-order valence-corrected chi connectivity index (χ0v) is 13.8. The van der Waals surface area contributed by atoms with Gasteiger partial charge in [0.15, 0.2) is 0 Å². The van der Waals surface area contributed by atoms with Crippen molar-refractivity contribution in [3.63, 3.8) is 0 Å². The van der Waals surface area contributed by atoms with Crippen LogP contribution in [0.2, 0.25) is 0 Å². The van der Waals surface area contributed by atoms with E-state index in [2.05, 4.69) is 11.4 Å². The summed E-state index contributed by atoms with van der Waals surface area (Å²) in [5, 5.41) is 21.5. The quantitative estimate of drug-likeness (QED) is 0.897. The summed E-state index contributed by atoms with van der Waals surface area (Å²) in [6.07, 6.45) is 2.94. The molecule has 5 heteroatoms. The van der Waals surface area contributed by atoms with Gasteiger partial charge in [0, 0.05) is 18.6 Å². The Kier molecular flexibility index (Phi) is 6.00. The number of urea groups is 1. The fourth-order valence-corrected chi connectivity index (χ4v) is 2.85. The van der Waals surface area contributed by atoms with Gasteiger partial charge < -0.3 is 15.3 Å². The number of benzene rings is 1. The van der Waals surface area contributed by atoms with Crippen LogP contribution >= 0.6 is 0 Å². The van der Waals surface area contributed by atoms with Crippen LogP contribution < -0.4 is 5.32 Å². The van der Waals surface area contributed by atoms with E-state index in [1.165, 1.54) is 0 Å². The molecule has 2 N–H and O–H groups in total. The van der Waals surface area contributed by atoms with E-state index in [1.54, 1.807) is 17.0 Å². The molecule has 23 heavy (non-hydrogen) atoms. The first-order valence-electron chi connectivity index (χ1n) is 8.24. The highest BCUT2D eigenvalue weighted by molar-refractivity contribution is 5.74. The van der Waals surface area contributed by atoms with Crippen LogP contribution in [-0.4, -0.2) is 34.2 Å². The summed E-state index contributed by atoms with van der Waals surface area (Å²) in [6.45, 7) is 4.51. The Hall–Kier alpha value is -2.06. The summed E-state index contributed by atoms with van der Waals surface area (Å²) >= 11 is 0. The number of rotatable bonds is 4. The lowest BCUT2D eigenvalue weighted by atomic mass is 9.93. The standard InChI is InChI=1S/C18H25N3O2/c1-13(2)21(12-15-5-3-14(11-19)4-6-15)18(23)20-16-7-9-17(22)10-8-16/h3-6,13,16-17,22H,7-10,12H2,1-2H3,(H,20,23). The molecule has 2 amide bonds. The predicted octanol–water partition coefficient (Wildman–Crippen LogP) is 2.78. The minimum absolute atomic E-state index is 0.0641. The van der Waals surface area contributed by atoms with Gasteiger partial charge in [-0.25, -0.2) is 4.79 Å². The second-order valence-electron chi connectivity index (χ2n) is 6.49. The molecule has 0 aromatic heterocycles. The summed E-state index contributed by atoms with van der Waals surface area (Å²) in [4.78, 5) is 14.4. The molecule has 1 aromatic carbocycles. The first-order valence-corrected chi connectivity index (χ1v) is 8.24. The van der Waals surface area contributed by atoms with Crippen LogP contribution in [0.4, 0.5) is 4.79 Å². The smallest absolute Gasteiger partial charge is 0.318 e. The second-order valence-corrected chi connectivity index (χ2v) is 6.49. The molecule has 0 bridgehead atoms. The third-order valence-electron chi connectivity index (χ3n) is 4.34. The Morgan fingerprint density at radius 1 is 1.30 bits per heavy atom. The first-order chi connectivity index (χ1) is 11.0. The number of amides is 2. The molecule has 2 rings (SSSR count). The van der Waals surface area contributed by atoms with Crippen molar-refractivity contribution in [2.24, 2.45) is 0 Å². The van der Waals surface area contributed by atoms with E-state index in [0.29, 0.717) is 12.1 Å². The van der Waals surface area contributed by atoms with E-state index in [9.17, 15) is 9.90 Å². The monoisotopic (exact) mass is 315 g/mol. The van der Waals surface area contributed by atoms with Crippen LogP contribution in [0, 0.1) is 11.3 Å². The Morgan fingerprint density at radius 3 is 2.43 bits per heavy atom. The number of carbonyl (C=O) groups is 1. The van der Waals surface area contributed by atoms with E-state index in [0.717, 1.165) is 31.2 Å². The van der Waals surface area contributed by atoms with Crippen LogP contribution in [0.3, 0.4) is 0 Å². The van der Waals surface area contributed by atoms with Gasteiger partial charge in [0.25, 0.3) is 0 Å². The molecule has 1 aliphatic rings. The van der Waals surface area contributed by atoms with Crippen molar-refractivity contribution in [3.05, 3.63) is 35.4 Å². The lowest BCUT2D eigenvalue weighted by Crippen LogP contribution is -2.48. The molecular weight excluding hydrogens is 290 g/mol. The lowest BCUT2D eigenvalue weighted by Gasteiger charge is -2.32. The minimum atomic E-state index is -0.219. The maximum atomic E-state index is 12.6. The van der Waals surface area contributed by atoms with Crippen LogP contribution in [0.15, 0.2) is 24.3 Å². The zero-order valence-electron chi connectivity index (χ0n) is 13.8. The summed E-state index contributed by atoms with van der Waals surface area (Å²) in [5.41, 5.74) is 1.63. The number of nitrogens with one attached hydrogen (secondary N) is 1. The molecule has 0 unspecified atom stereocenters. The third-order valence-corrected chi connectivity index (χ3v) is 4.34. The molecule has 1 saturated carbocycles. The van der Waals surface area contributed by atoms with Crippen molar-refractivity contribution in [2.45, 2.75) is 64.3 Å². The van der Waals surface area contributed by atoms with Gasteiger partial charge in [0.1, 0.15) is 0 Å². The lowest BCUT2D eigenvalue weighted by molar-refractivity contribution is 0.113. The average Bonchev–Trinajstić information content (AvgIpc) is 2.55. The van der Waals surface area contributed by atoms with Gasteiger partial charge >= 0.3 is 6.03 Å². The van der Waals surface area contributed by atoms with Crippen LogP contribution in [0.1, 0.15) is 50.7 Å². The molecule has 0 saturated heterocycles. The molecule has 1 aliphatic carbocycles. The van der Waals surface area contributed by atoms with Crippen molar-refractivity contribution in [1.29, 1.82) is 5.26 Å². The largest absolute Gasteiger partial charge is 0.393 e. The zero-order chi connectivity index (χ0) is 16.8. The predicted molar refractivity (Wildman–Crippen MR) is 88.6 cm³/mol. The number of hydrogen-bond donors (Lipinski definition) is 2. The Labute approximate surface area is 137 Å². The molecule has 0 spiro atoms. The molecule has 1 fully saturated rings. The van der Waals surface area contributed by atoms with Crippen molar-refractivity contribution in [3.8, 4) is 6.07 Å². The number of aliphatic hydroxyl groups excluding tert-OH is 1. The summed E-state index contributed by atoms with van der Waals surface area (Å²) in [6, 6.07) is 9.58. The highest BCUT2D eigenvalue weighted by Crippen LogP contribution is 2.19. The van der Waals surface area contributed by atoms with Gasteiger partial charge in [0.2, 0.25) is 0 Å². The van der Waals surface area contributed by atoms with Gasteiger partial charge in [-0.1, -0.05) is 12.1 Å². The summed E-state index contributed by atoms with van der Waals surface area (Å²) in [5.74, 6) is 0. The maximum absolute atomic E-state index is 12.6. The van der Waals surface area contributed by atoms with Gasteiger partial charge in [-0.15, -0.1) is 0 Å². The van der Waals surface area contributed by atoms with Crippen LogP contribution in [0.25, 0.3) is 0 Å². The summed E-state index contributed by atoms with van der Waals surface area (Å²) < 4.78 is 0. The summed E-state index contributed by atoms with van der Waals surface area (Å²) in [7, 11) is 0. The van der Waals surface area contributed by atoms with Gasteiger partial charge in [-0.3, -0.25) is 0 Å². The van der Waals surface area contributed by atoms with E-state index in [-0.39, 0.29) is 24.2 Å². The molecule has 0 aliphatic heterocycles. The second kappa shape index (κ2) is 7.98. The first kappa shape index (κ1) is 17.3. The van der Waals surface area contributed by atoms with E-state index in [4.69, 9.17) is 5.26 Å². The van der Waals surface area contributed by atoms with Crippen LogP contribution in [0.5, 0.6) is 0 Å². The molecule has 0 heterocycles. The fraction of sp³-hybridized carbons (Fsp3) is 0.556. The van der Waals surface area contributed by atoms with Gasteiger partial charge in [-0.05, 0) is 57.2 Å². The van der Waals surface area contributed by atoms with Crippen molar-refractivity contribution >= 4 is 6.03 Å². The van der Waals surface area contributed by atoms with E-state index >= 15 is 0 Å². The van der Waals surface area contributed by atoms with Gasteiger partial charge in [-0.2, -0.15) is 5.26 Å². The molecule has 0 radical (unpaired) electrons. The Bertz CT molecular complexity index is 555. The average molecular weight is 315 g/mol.